The summed E-state index contributed by atoms with van der Waals surface area (Å²) in [6, 6.07) is 12.2. The summed E-state index contributed by atoms with van der Waals surface area (Å²) in [6.45, 7) is -0.481. The molecule has 0 spiro atoms. The molecule has 26 heavy (non-hydrogen) atoms. The van der Waals surface area contributed by atoms with Crippen molar-refractivity contribution < 1.29 is 23.5 Å². The third-order valence-electron chi connectivity index (χ3n) is 3.68. The summed E-state index contributed by atoms with van der Waals surface area (Å²) < 4.78 is 25.1. The van der Waals surface area contributed by atoms with Crippen LogP contribution in [0.4, 0.5) is 4.39 Å². The van der Waals surface area contributed by atoms with Gasteiger partial charge >= 0.3 is 5.97 Å². The highest BCUT2D eigenvalue weighted by molar-refractivity contribution is 5.99. The summed E-state index contributed by atoms with van der Waals surface area (Å²) >= 11 is 0. The molecule has 3 rings (SSSR count). The van der Waals surface area contributed by atoms with Crippen molar-refractivity contribution in [1.82, 2.24) is 9.78 Å². The highest BCUT2D eigenvalue weighted by atomic mass is 19.1. The molecule has 0 radical (unpaired) electrons. The molecule has 0 fully saturated rings. The van der Waals surface area contributed by atoms with E-state index in [1.807, 2.05) is 0 Å². The number of ketones is 1. The Labute approximate surface area is 148 Å². The molecule has 3 aromatic rings. The van der Waals surface area contributed by atoms with Crippen LogP contribution >= 0.6 is 0 Å². The van der Waals surface area contributed by atoms with Crippen molar-refractivity contribution in [3.63, 3.8) is 0 Å². The molecule has 1 heterocycles. The summed E-state index contributed by atoms with van der Waals surface area (Å²) in [5.74, 6) is -1.76. The minimum Gasteiger partial charge on any atom is -0.494 e. The van der Waals surface area contributed by atoms with Crippen molar-refractivity contribution in [2.45, 2.75) is 0 Å². The van der Waals surface area contributed by atoms with Crippen molar-refractivity contribution in [1.29, 1.82) is 0 Å². The van der Waals surface area contributed by atoms with Crippen LogP contribution in [-0.4, -0.2) is 35.2 Å². The molecule has 0 saturated carbocycles. The molecule has 2 aromatic carbocycles. The number of rotatable bonds is 6. The van der Waals surface area contributed by atoms with Gasteiger partial charge in [0.2, 0.25) is 0 Å². The molecule has 0 bridgehead atoms. The zero-order chi connectivity index (χ0) is 18.5. The van der Waals surface area contributed by atoms with Crippen LogP contribution in [0.3, 0.4) is 0 Å². The fourth-order valence-electron chi connectivity index (χ4n) is 2.31. The highest BCUT2D eigenvalue weighted by Gasteiger charge is 2.14. The predicted octanol–water partition coefficient (Wildman–Crippen LogP) is 3.06. The molecule has 132 valence electrons. The molecule has 1 aromatic heterocycles. The Hall–Kier alpha value is -3.48. The zero-order valence-corrected chi connectivity index (χ0v) is 13.9. The quantitative estimate of drug-likeness (QED) is 0.503. The molecule has 0 aliphatic heterocycles. The number of benzene rings is 2. The average molecular weight is 354 g/mol. The fourth-order valence-corrected chi connectivity index (χ4v) is 2.31. The summed E-state index contributed by atoms with van der Waals surface area (Å²) in [6.07, 6.45) is 3.43. The summed E-state index contributed by atoms with van der Waals surface area (Å²) in [5, 5.41) is 4.09. The molecule has 7 heteroatoms. The molecule has 6 nitrogen and oxygen atoms in total. The molecule has 0 N–H and O–H groups in total. The second kappa shape index (κ2) is 7.60. The lowest BCUT2D eigenvalue weighted by molar-refractivity contribution is 0.0474. The number of hydrogen-bond donors (Lipinski definition) is 0. The van der Waals surface area contributed by atoms with E-state index in [0.717, 1.165) is 11.8 Å². The Kier molecular flexibility index (Phi) is 5.07. The van der Waals surface area contributed by atoms with E-state index < -0.39 is 24.2 Å². The van der Waals surface area contributed by atoms with Crippen LogP contribution in [0, 0.1) is 5.82 Å². The van der Waals surface area contributed by atoms with Crippen LogP contribution in [0.1, 0.15) is 20.7 Å². The third kappa shape index (κ3) is 3.77. The lowest BCUT2D eigenvalue weighted by Gasteiger charge is -2.07. The number of carbonyl (C=O) groups excluding carboxylic acids is 2. The molecule has 0 saturated heterocycles. The van der Waals surface area contributed by atoms with E-state index in [4.69, 9.17) is 9.47 Å². The van der Waals surface area contributed by atoms with E-state index in [1.54, 1.807) is 47.4 Å². The normalized spacial score (nSPS) is 10.4. The number of hydrogen-bond acceptors (Lipinski definition) is 5. The lowest BCUT2D eigenvalue weighted by atomic mass is 10.1. The van der Waals surface area contributed by atoms with Gasteiger partial charge in [-0.1, -0.05) is 0 Å². The largest absolute Gasteiger partial charge is 0.494 e. The Morgan fingerprint density at radius 2 is 1.85 bits per heavy atom. The maximum Gasteiger partial charge on any atom is 0.338 e. The summed E-state index contributed by atoms with van der Waals surface area (Å²) in [5.41, 5.74) is 1.19. The van der Waals surface area contributed by atoms with Gasteiger partial charge in [-0.05, 0) is 48.5 Å². The number of carbonyl (C=O) groups is 2. The molecule has 0 unspecified atom stereocenters. The first-order valence-corrected chi connectivity index (χ1v) is 7.72. The van der Waals surface area contributed by atoms with E-state index in [1.165, 1.54) is 19.2 Å². The van der Waals surface area contributed by atoms with Crippen LogP contribution in [-0.2, 0) is 4.74 Å². The van der Waals surface area contributed by atoms with Crippen LogP contribution in [0.5, 0.6) is 5.75 Å². The van der Waals surface area contributed by atoms with Gasteiger partial charge in [0, 0.05) is 18.0 Å². The van der Waals surface area contributed by atoms with E-state index in [-0.39, 0.29) is 11.3 Å². The van der Waals surface area contributed by atoms with E-state index in [0.29, 0.717) is 5.56 Å². The zero-order valence-electron chi connectivity index (χ0n) is 13.9. The molecular weight excluding hydrogens is 339 g/mol. The molecule has 0 atom stereocenters. The van der Waals surface area contributed by atoms with E-state index in [9.17, 15) is 14.0 Å². The van der Waals surface area contributed by atoms with Gasteiger partial charge in [0.15, 0.2) is 24.0 Å². The van der Waals surface area contributed by atoms with E-state index in [2.05, 4.69) is 5.10 Å². The monoisotopic (exact) mass is 354 g/mol. The lowest BCUT2D eigenvalue weighted by Crippen LogP contribution is -2.14. The summed E-state index contributed by atoms with van der Waals surface area (Å²) in [7, 11) is 1.33. The number of aromatic nitrogens is 2. The van der Waals surface area contributed by atoms with Gasteiger partial charge in [0.25, 0.3) is 0 Å². The number of ether oxygens (including phenoxy) is 2. The number of Topliss-reactive ketones (excluding diaryl/α,β-unsaturated/α-hetero) is 1. The number of nitrogens with zero attached hydrogens (tertiary/aromatic N) is 2. The first-order chi connectivity index (χ1) is 12.6. The minimum absolute atomic E-state index is 0.0378. The predicted molar refractivity (Wildman–Crippen MR) is 91.1 cm³/mol. The van der Waals surface area contributed by atoms with Gasteiger partial charge in [-0.25, -0.2) is 13.9 Å². The van der Waals surface area contributed by atoms with Crippen molar-refractivity contribution in [3.05, 3.63) is 77.9 Å². The van der Waals surface area contributed by atoms with Gasteiger partial charge in [0.05, 0.1) is 18.4 Å². The first kappa shape index (κ1) is 17.3. The Morgan fingerprint density at radius 1 is 1.12 bits per heavy atom. The standard InChI is InChI=1S/C19H15FN2O4/c1-25-18-8-5-14(11-16(18)20)17(23)12-26-19(24)13-3-6-15(7-4-13)22-10-2-9-21-22/h2-11H,12H2,1H3. The van der Waals surface area contributed by atoms with Gasteiger partial charge in [0.1, 0.15) is 0 Å². The van der Waals surface area contributed by atoms with Crippen molar-refractivity contribution in [2.24, 2.45) is 0 Å². The second-order valence-corrected chi connectivity index (χ2v) is 5.35. The third-order valence-corrected chi connectivity index (χ3v) is 3.68. The summed E-state index contributed by atoms with van der Waals surface area (Å²) in [4.78, 5) is 24.1. The van der Waals surface area contributed by atoms with Crippen molar-refractivity contribution in [2.75, 3.05) is 13.7 Å². The van der Waals surface area contributed by atoms with E-state index >= 15 is 0 Å². The SMILES string of the molecule is COc1ccc(C(=O)COC(=O)c2ccc(-n3cccn3)cc2)cc1F. The highest BCUT2D eigenvalue weighted by Crippen LogP contribution is 2.18. The maximum atomic E-state index is 13.6. The van der Waals surface area contributed by atoms with Gasteiger partial charge in [-0.2, -0.15) is 5.10 Å². The van der Waals surface area contributed by atoms with Crippen LogP contribution < -0.4 is 4.74 Å². The minimum atomic E-state index is -0.654. The average Bonchev–Trinajstić information content (AvgIpc) is 3.20. The van der Waals surface area contributed by atoms with Crippen molar-refractivity contribution >= 4 is 11.8 Å². The fraction of sp³-hybridized carbons (Fsp3) is 0.105. The van der Waals surface area contributed by atoms with Crippen LogP contribution in [0.2, 0.25) is 0 Å². The first-order valence-electron chi connectivity index (χ1n) is 7.72. The van der Waals surface area contributed by atoms with Crippen LogP contribution in [0.25, 0.3) is 5.69 Å². The van der Waals surface area contributed by atoms with Gasteiger partial charge in [-0.15, -0.1) is 0 Å². The van der Waals surface area contributed by atoms with Gasteiger partial charge in [-0.3, -0.25) is 4.79 Å². The Morgan fingerprint density at radius 3 is 2.46 bits per heavy atom. The Bertz CT molecular complexity index is 921. The molecule has 0 amide bonds. The number of halogens is 1. The van der Waals surface area contributed by atoms with Crippen molar-refractivity contribution in [3.8, 4) is 11.4 Å². The van der Waals surface area contributed by atoms with Crippen LogP contribution in [0.15, 0.2) is 60.9 Å². The Balaban J connectivity index is 1.61. The smallest absolute Gasteiger partial charge is 0.338 e. The molecular formula is C19H15FN2O4. The number of methoxy groups -OCH3 is 1. The second-order valence-electron chi connectivity index (χ2n) is 5.35. The maximum absolute atomic E-state index is 13.6. The number of esters is 1. The van der Waals surface area contributed by atoms with Gasteiger partial charge < -0.3 is 9.47 Å². The molecule has 0 aliphatic rings. The molecule has 0 aliphatic carbocycles. The topological polar surface area (TPSA) is 70.4 Å².